The molecule has 0 aliphatic carbocycles. The fourth-order valence-electron chi connectivity index (χ4n) is 3.37. The maximum atomic E-state index is 13.6. The molecule has 2 heterocycles. The van der Waals surface area contributed by atoms with Crippen molar-refractivity contribution < 1.29 is 32.9 Å². The lowest BCUT2D eigenvalue weighted by atomic mass is 9.97. The average Bonchev–Trinajstić information content (AvgIpc) is 2.89. The molecule has 4 rings (SSSR count). The lowest BCUT2D eigenvalue weighted by Crippen LogP contribution is -2.33. The van der Waals surface area contributed by atoms with Crippen LogP contribution < -0.4 is 9.47 Å². The quantitative estimate of drug-likeness (QED) is 0.199. The van der Waals surface area contributed by atoms with Crippen molar-refractivity contribution in [3.8, 4) is 11.8 Å². The number of aromatic nitrogens is 2. The van der Waals surface area contributed by atoms with Gasteiger partial charge in [-0.15, -0.1) is 0 Å². The first-order valence-corrected chi connectivity index (χ1v) is 14.1. The second-order valence-corrected chi connectivity index (χ2v) is 12.4. The van der Waals surface area contributed by atoms with Crippen LogP contribution in [0.2, 0.25) is 5.02 Å². The Balaban J connectivity index is 1.67. The molecule has 1 aliphatic rings. The minimum absolute atomic E-state index is 0.0874. The normalized spacial score (nSPS) is 17.0. The largest absolute Gasteiger partial charge is 0.481 e. The molecule has 1 atom stereocenters. The number of hydrogen-bond donors (Lipinski definition) is 1. The molecular weight excluding hydrogens is 539 g/mol. The van der Waals surface area contributed by atoms with Gasteiger partial charge in [0.25, 0.3) is 0 Å². The fraction of sp³-hybridized carbons (Fsp3) is 0.320. The smallest absolute Gasteiger partial charge is 0.457 e. The number of carbonyl (C=O) groups excluding carboxylic acids is 1. The molecular formula is C25H27ClN2O7PS+. The third-order valence-corrected chi connectivity index (χ3v) is 8.57. The van der Waals surface area contributed by atoms with Crippen LogP contribution in [0.1, 0.15) is 35.6 Å². The number of methoxy groups -OCH3 is 2. The molecule has 1 unspecified atom stereocenters. The van der Waals surface area contributed by atoms with Crippen LogP contribution in [0.15, 0.2) is 64.6 Å². The molecule has 0 saturated carbocycles. The highest BCUT2D eigenvalue weighted by atomic mass is 35.5. The molecule has 1 aromatic heterocycles. The molecule has 196 valence electrons. The van der Waals surface area contributed by atoms with E-state index in [1.807, 2.05) is 19.9 Å². The van der Waals surface area contributed by atoms with Crippen molar-refractivity contribution in [1.29, 1.82) is 0 Å². The maximum Gasteiger partial charge on any atom is 0.457 e. The van der Waals surface area contributed by atoms with Gasteiger partial charge in [0.1, 0.15) is 13.2 Å². The second-order valence-electron chi connectivity index (χ2n) is 8.89. The van der Waals surface area contributed by atoms with Crippen LogP contribution >= 0.6 is 31.3 Å². The van der Waals surface area contributed by atoms with Crippen molar-refractivity contribution in [2.45, 2.75) is 29.7 Å². The van der Waals surface area contributed by atoms with E-state index < -0.39 is 19.8 Å². The predicted octanol–water partition coefficient (Wildman–Crippen LogP) is 5.98. The Kier molecular flexibility index (Phi) is 8.58. The maximum absolute atomic E-state index is 13.6. The zero-order chi connectivity index (χ0) is 26.6. The van der Waals surface area contributed by atoms with Crippen molar-refractivity contribution in [1.82, 2.24) is 9.97 Å². The standard InChI is InChI=1S/C25H27ClN2O7PS/c1-25(2)14-33-36(30,34-15-25)23(16-9-6-5-7-10-16)35-22(29)21-17(26)11-8-12-18(21)37-24-27-19(31-3)13-20(28-24)32-4/h5-13,23,30H,14-15H2,1-4H3/q+1. The molecule has 1 N–H and O–H groups in total. The third-order valence-electron chi connectivity index (χ3n) is 5.34. The summed E-state index contributed by atoms with van der Waals surface area (Å²) < 4.78 is 28.0. The molecule has 1 fully saturated rings. The van der Waals surface area contributed by atoms with Crippen molar-refractivity contribution in [2.75, 3.05) is 27.4 Å². The summed E-state index contributed by atoms with van der Waals surface area (Å²) in [6.45, 7) is 4.42. The zero-order valence-electron chi connectivity index (χ0n) is 20.7. The molecule has 0 radical (unpaired) electrons. The lowest BCUT2D eigenvalue weighted by molar-refractivity contribution is -0.00642. The third kappa shape index (κ3) is 6.52. The number of ether oxygens (including phenoxy) is 3. The van der Waals surface area contributed by atoms with Crippen LogP contribution in [0.4, 0.5) is 0 Å². The van der Waals surface area contributed by atoms with Gasteiger partial charge in [-0.25, -0.2) is 4.79 Å². The van der Waals surface area contributed by atoms with Crippen molar-refractivity contribution in [3.05, 3.63) is 70.7 Å². The highest BCUT2D eigenvalue weighted by Crippen LogP contribution is 2.71. The first-order chi connectivity index (χ1) is 17.6. The Labute approximate surface area is 225 Å². The van der Waals surface area contributed by atoms with Crippen LogP contribution in [0.5, 0.6) is 11.8 Å². The van der Waals surface area contributed by atoms with Crippen LogP contribution in [0.25, 0.3) is 0 Å². The van der Waals surface area contributed by atoms with Gasteiger partial charge in [0.15, 0.2) is 5.16 Å². The number of carbonyl (C=O) groups is 1. The Morgan fingerprint density at radius 2 is 1.68 bits per heavy atom. The Hall–Kier alpha value is -2.46. The first-order valence-electron chi connectivity index (χ1n) is 11.2. The van der Waals surface area contributed by atoms with Crippen molar-refractivity contribution >= 4 is 37.3 Å². The number of halogens is 1. The summed E-state index contributed by atoms with van der Waals surface area (Å²) >= 11 is 7.56. The van der Waals surface area contributed by atoms with E-state index in [9.17, 15) is 9.69 Å². The van der Waals surface area contributed by atoms with Gasteiger partial charge in [0.05, 0.1) is 30.9 Å². The van der Waals surface area contributed by atoms with Gasteiger partial charge >= 0.3 is 19.8 Å². The number of hydrogen-bond acceptors (Lipinski definition) is 10. The average molecular weight is 566 g/mol. The summed E-state index contributed by atoms with van der Waals surface area (Å²) in [5.74, 6) is -1.35. The van der Waals surface area contributed by atoms with Gasteiger partial charge in [-0.3, -0.25) is 0 Å². The van der Waals surface area contributed by atoms with Gasteiger partial charge in [-0.1, -0.05) is 61.8 Å². The molecule has 2 aromatic carbocycles. The summed E-state index contributed by atoms with van der Waals surface area (Å²) in [5, 5.41) is 0.438. The van der Waals surface area contributed by atoms with E-state index in [0.29, 0.717) is 22.2 Å². The number of esters is 1. The van der Waals surface area contributed by atoms with Gasteiger partial charge in [-0.2, -0.15) is 23.9 Å². The second kappa shape index (κ2) is 11.5. The van der Waals surface area contributed by atoms with E-state index in [2.05, 4.69) is 9.97 Å². The van der Waals surface area contributed by atoms with Crippen molar-refractivity contribution in [2.24, 2.45) is 5.41 Å². The molecule has 9 nitrogen and oxygen atoms in total. The van der Waals surface area contributed by atoms with Crippen LogP contribution in [-0.4, -0.2) is 48.3 Å². The molecule has 0 spiro atoms. The van der Waals surface area contributed by atoms with Crippen LogP contribution in [0.3, 0.4) is 0 Å². The van der Waals surface area contributed by atoms with E-state index in [-0.39, 0.29) is 34.4 Å². The molecule has 3 aromatic rings. The monoisotopic (exact) mass is 565 g/mol. The van der Waals surface area contributed by atoms with E-state index in [1.165, 1.54) is 20.3 Å². The Bertz CT molecular complexity index is 1230. The minimum atomic E-state index is -3.62. The predicted molar refractivity (Wildman–Crippen MR) is 140 cm³/mol. The SMILES string of the molecule is COc1cc(OC)nc(Sc2cccc(Cl)c2C(=O)OC(c2ccccc2)[P+]2(O)OCC(C)(C)CO2)n1. The topological polar surface area (TPSA) is 109 Å². The first kappa shape index (κ1) is 27.6. The molecule has 1 aliphatic heterocycles. The van der Waals surface area contributed by atoms with Crippen LogP contribution in [0, 0.1) is 5.41 Å². The van der Waals surface area contributed by atoms with E-state index in [4.69, 9.17) is 34.9 Å². The number of rotatable bonds is 8. The summed E-state index contributed by atoms with van der Waals surface area (Å²) in [4.78, 5) is 34.1. The zero-order valence-corrected chi connectivity index (χ0v) is 23.2. The van der Waals surface area contributed by atoms with E-state index >= 15 is 0 Å². The molecule has 12 heteroatoms. The lowest BCUT2D eigenvalue weighted by Gasteiger charge is -2.34. The minimum Gasteiger partial charge on any atom is -0.481 e. The van der Waals surface area contributed by atoms with E-state index in [0.717, 1.165) is 11.8 Å². The summed E-state index contributed by atoms with van der Waals surface area (Å²) in [6, 6.07) is 15.4. The summed E-state index contributed by atoms with van der Waals surface area (Å²) in [6.07, 6.45) is 0. The highest BCUT2D eigenvalue weighted by Gasteiger charge is 2.58. The molecule has 0 amide bonds. The van der Waals surface area contributed by atoms with Crippen LogP contribution in [-0.2, 0) is 13.8 Å². The molecule has 1 saturated heterocycles. The molecule has 0 bridgehead atoms. The highest BCUT2D eigenvalue weighted by molar-refractivity contribution is 7.99. The van der Waals surface area contributed by atoms with Crippen molar-refractivity contribution in [3.63, 3.8) is 0 Å². The van der Waals surface area contributed by atoms with Gasteiger partial charge in [0.2, 0.25) is 11.8 Å². The summed E-state index contributed by atoms with van der Waals surface area (Å²) in [5.41, 5.74) is 0.333. The molecule has 37 heavy (non-hydrogen) atoms. The fourth-order valence-corrected chi connectivity index (χ4v) is 6.78. The van der Waals surface area contributed by atoms with Gasteiger partial charge < -0.3 is 14.2 Å². The Morgan fingerprint density at radius 3 is 2.27 bits per heavy atom. The Morgan fingerprint density at radius 1 is 1.05 bits per heavy atom. The summed E-state index contributed by atoms with van der Waals surface area (Å²) in [7, 11) is -0.661. The van der Waals surface area contributed by atoms with E-state index in [1.54, 1.807) is 42.5 Å². The number of benzene rings is 2. The van der Waals surface area contributed by atoms with Gasteiger partial charge in [-0.05, 0) is 23.9 Å². The number of nitrogens with zero attached hydrogens (tertiary/aromatic N) is 2. The van der Waals surface area contributed by atoms with Gasteiger partial charge in [0, 0.05) is 15.9 Å².